The molecule has 20 heavy (non-hydrogen) atoms. The van der Waals surface area contributed by atoms with Crippen molar-refractivity contribution in [1.82, 2.24) is 9.80 Å². The normalized spacial score (nSPS) is 15.9. The average molecular weight is 271 g/mol. The molecule has 0 aromatic heterocycles. The fraction of sp³-hybridized carbons (Fsp3) is 0.438. The standard InChI is InChI=1S/C16H21N3O/c1-2-9-18-10-12-19(13-11-18)16(20)15-5-3-14(4-6-15)7-8-17/h1,3-6H,7-13,17H2. The van der Waals surface area contributed by atoms with E-state index >= 15 is 0 Å². The minimum Gasteiger partial charge on any atom is -0.336 e. The first-order valence-electron chi connectivity index (χ1n) is 6.98. The van der Waals surface area contributed by atoms with Crippen LogP contribution >= 0.6 is 0 Å². The average Bonchev–Trinajstić information content (AvgIpc) is 2.49. The minimum atomic E-state index is 0.102. The molecule has 0 unspecified atom stereocenters. The quantitative estimate of drug-likeness (QED) is 0.815. The lowest BCUT2D eigenvalue weighted by Crippen LogP contribution is -2.48. The van der Waals surface area contributed by atoms with Crippen LogP contribution in [-0.4, -0.2) is 55.0 Å². The molecule has 1 aliphatic rings. The molecule has 1 aromatic rings. The van der Waals surface area contributed by atoms with Gasteiger partial charge in [0.2, 0.25) is 0 Å². The summed E-state index contributed by atoms with van der Waals surface area (Å²) in [5.41, 5.74) is 7.43. The molecule has 1 fully saturated rings. The van der Waals surface area contributed by atoms with Crippen LogP contribution in [0, 0.1) is 12.3 Å². The lowest BCUT2D eigenvalue weighted by Gasteiger charge is -2.33. The van der Waals surface area contributed by atoms with E-state index in [0.717, 1.165) is 38.2 Å². The minimum absolute atomic E-state index is 0.102. The molecule has 2 N–H and O–H groups in total. The zero-order chi connectivity index (χ0) is 14.4. The van der Waals surface area contributed by atoms with Crippen LogP contribution < -0.4 is 5.73 Å². The molecule has 1 aromatic carbocycles. The number of nitrogens with zero attached hydrogens (tertiary/aromatic N) is 2. The zero-order valence-corrected chi connectivity index (χ0v) is 11.7. The van der Waals surface area contributed by atoms with Crippen molar-refractivity contribution >= 4 is 5.91 Å². The number of piperazine rings is 1. The van der Waals surface area contributed by atoms with Crippen LogP contribution in [0.2, 0.25) is 0 Å². The molecule has 106 valence electrons. The molecule has 0 atom stereocenters. The van der Waals surface area contributed by atoms with Gasteiger partial charge in [-0.25, -0.2) is 0 Å². The maximum absolute atomic E-state index is 12.4. The molecular formula is C16H21N3O. The SMILES string of the molecule is C#CCN1CCN(C(=O)c2ccc(CCN)cc2)CC1. The second kappa shape index (κ2) is 7.09. The van der Waals surface area contributed by atoms with E-state index in [0.29, 0.717) is 13.1 Å². The summed E-state index contributed by atoms with van der Waals surface area (Å²) >= 11 is 0. The largest absolute Gasteiger partial charge is 0.336 e. The van der Waals surface area contributed by atoms with Gasteiger partial charge in [-0.2, -0.15) is 0 Å². The summed E-state index contributed by atoms with van der Waals surface area (Å²) in [6.07, 6.45) is 6.15. The van der Waals surface area contributed by atoms with Crippen molar-refractivity contribution < 1.29 is 4.79 Å². The van der Waals surface area contributed by atoms with Crippen molar-refractivity contribution in [2.75, 3.05) is 39.3 Å². The first-order chi connectivity index (χ1) is 9.74. The Bertz CT molecular complexity index is 481. The van der Waals surface area contributed by atoms with Gasteiger partial charge in [0.05, 0.1) is 6.54 Å². The Hall–Kier alpha value is -1.83. The molecule has 0 spiro atoms. The molecular weight excluding hydrogens is 250 g/mol. The number of carbonyl (C=O) groups excluding carboxylic acids is 1. The van der Waals surface area contributed by atoms with E-state index in [1.54, 1.807) is 0 Å². The number of hydrogen-bond acceptors (Lipinski definition) is 3. The van der Waals surface area contributed by atoms with Crippen LogP contribution in [0.4, 0.5) is 0 Å². The molecule has 0 aliphatic carbocycles. The smallest absolute Gasteiger partial charge is 0.253 e. The van der Waals surface area contributed by atoms with Gasteiger partial charge < -0.3 is 10.6 Å². The molecule has 0 radical (unpaired) electrons. The molecule has 1 amide bonds. The summed E-state index contributed by atoms with van der Waals surface area (Å²) in [5, 5.41) is 0. The fourth-order valence-electron chi connectivity index (χ4n) is 2.40. The first-order valence-corrected chi connectivity index (χ1v) is 6.98. The van der Waals surface area contributed by atoms with Gasteiger partial charge >= 0.3 is 0 Å². The number of carbonyl (C=O) groups is 1. The summed E-state index contributed by atoms with van der Waals surface area (Å²) in [6.45, 7) is 4.47. The van der Waals surface area contributed by atoms with Gasteiger partial charge in [-0.1, -0.05) is 18.1 Å². The lowest BCUT2D eigenvalue weighted by atomic mass is 10.1. The lowest BCUT2D eigenvalue weighted by molar-refractivity contribution is 0.0652. The fourth-order valence-corrected chi connectivity index (χ4v) is 2.40. The molecule has 0 bridgehead atoms. The Morgan fingerprint density at radius 1 is 1.20 bits per heavy atom. The predicted octanol–water partition coefficient (Wildman–Crippen LogP) is 0.579. The van der Waals surface area contributed by atoms with Crippen molar-refractivity contribution in [2.24, 2.45) is 5.73 Å². The van der Waals surface area contributed by atoms with E-state index in [1.165, 1.54) is 5.56 Å². The van der Waals surface area contributed by atoms with Gasteiger partial charge in [-0.15, -0.1) is 6.42 Å². The van der Waals surface area contributed by atoms with Gasteiger partial charge in [0, 0.05) is 31.7 Å². The van der Waals surface area contributed by atoms with E-state index in [-0.39, 0.29) is 5.91 Å². The van der Waals surface area contributed by atoms with Crippen molar-refractivity contribution in [2.45, 2.75) is 6.42 Å². The number of rotatable bonds is 4. The topological polar surface area (TPSA) is 49.6 Å². The Labute approximate surface area is 120 Å². The predicted molar refractivity (Wildman–Crippen MR) is 80.4 cm³/mol. The van der Waals surface area contributed by atoms with Crippen LogP contribution in [0.1, 0.15) is 15.9 Å². The van der Waals surface area contributed by atoms with Gasteiger partial charge in [-0.3, -0.25) is 9.69 Å². The molecule has 1 heterocycles. The highest BCUT2D eigenvalue weighted by Crippen LogP contribution is 2.10. The molecule has 2 rings (SSSR count). The monoisotopic (exact) mass is 271 g/mol. The molecule has 4 nitrogen and oxygen atoms in total. The van der Waals surface area contributed by atoms with E-state index in [9.17, 15) is 4.79 Å². The van der Waals surface area contributed by atoms with Crippen LogP contribution in [0.15, 0.2) is 24.3 Å². The highest BCUT2D eigenvalue weighted by atomic mass is 16.2. The Kier molecular flexibility index (Phi) is 5.16. The summed E-state index contributed by atoms with van der Waals surface area (Å²) in [6, 6.07) is 7.74. The molecule has 1 aliphatic heterocycles. The Morgan fingerprint density at radius 3 is 2.40 bits per heavy atom. The number of hydrogen-bond donors (Lipinski definition) is 1. The maximum Gasteiger partial charge on any atom is 0.253 e. The molecule has 4 heteroatoms. The Balaban J connectivity index is 1.93. The Morgan fingerprint density at radius 2 is 1.85 bits per heavy atom. The van der Waals surface area contributed by atoms with Crippen LogP contribution in [-0.2, 0) is 6.42 Å². The van der Waals surface area contributed by atoms with E-state index in [1.807, 2.05) is 29.2 Å². The zero-order valence-electron chi connectivity index (χ0n) is 11.7. The van der Waals surface area contributed by atoms with E-state index in [2.05, 4.69) is 10.8 Å². The third-order valence-corrected chi connectivity index (χ3v) is 3.61. The van der Waals surface area contributed by atoms with Crippen molar-refractivity contribution in [1.29, 1.82) is 0 Å². The van der Waals surface area contributed by atoms with Crippen molar-refractivity contribution in [3.8, 4) is 12.3 Å². The van der Waals surface area contributed by atoms with E-state index in [4.69, 9.17) is 12.2 Å². The number of benzene rings is 1. The second-order valence-electron chi connectivity index (χ2n) is 5.01. The van der Waals surface area contributed by atoms with Gasteiger partial charge in [-0.05, 0) is 30.7 Å². The summed E-state index contributed by atoms with van der Waals surface area (Å²) in [5.74, 6) is 2.75. The highest BCUT2D eigenvalue weighted by Gasteiger charge is 2.21. The number of amides is 1. The first kappa shape index (κ1) is 14.6. The molecule has 0 saturated carbocycles. The van der Waals surface area contributed by atoms with Gasteiger partial charge in [0.25, 0.3) is 5.91 Å². The summed E-state index contributed by atoms with van der Waals surface area (Å²) in [7, 11) is 0. The van der Waals surface area contributed by atoms with E-state index < -0.39 is 0 Å². The number of terminal acetylenes is 1. The van der Waals surface area contributed by atoms with Crippen molar-refractivity contribution in [3.05, 3.63) is 35.4 Å². The second-order valence-corrected chi connectivity index (χ2v) is 5.01. The summed E-state index contributed by atoms with van der Waals surface area (Å²) in [4.78, 5) is 16.5. The highest BCUT2D eigenvalue weighted by molar-refractivity contribution is 5.94. The summed E-state index contributed by atoms with van der Waals surface area (Å²) < 4.78 is 0. The van der Waals surface area contributed by atoms with Crippen LogP contribution in [0.3, 0.4) is 0 Å². The van der Waals surface area contributed by atoms with Crippen LogP contribution in [0.5, 0.6) is 0 Å². The van der Waals surface area contributed by atoms with Gasteiger partial charge in [0.15, 0.2) is 0 Å². The van der Waals surface area contributed by atoms with Gasteiger partial charge in [0.1, 0.15) is 0 Å². The third-order valence-electron chi connectivity index (χ3n) is 3.61. The number of nitrogens with two attached hydrogens (primary N) is 1. The molecule has 1 saturated heterocycles. The van der Waals surface area contributed by atoms with Crippen LogP contribution in [0.25, 0.3) is 0 Å². The van der Waals surface area contributed by atoms with Crippen molar-refractivity contribution in [3.63, 3.8) is 0 Å². The maximum atomic E-state index is 12.4. The third kappa shape index (κ3) is 3.60.